The Morgan fingerprint density at radius 3 is 2.69 bits per heavy atom. The smallest absolute Gasteiger partial charge is 0.168 e. The summed E-state index contributed by atoms with van der Waals surface area (Å²) in [6.45, 7) is 5.34. The zero-order chi connectivity index (χ0) is 17.6. The molecule has 4 heterocycles. The summed E-state index contributed by atoms with van der Waals surface area (Å²) in [6, 6.07) is 10.2. The molecule has 2 fully saturated rings. The minimum atomic E-state index is 0.427. The Kier molecular flexibility index (Phi) is 3.46. The molecule has 0 atom stereocenters. The standard InChI is InChI=1S/C20H19N5O/c26-9-17-3-1-15(6-22-17)8-24-10-20(11-24)12-25(13-20)18-4-2-16-7-21-14-23-19(16)5-18/h1-7,9,14H,8,10-13H2. The van der Waals surface area contributed by atoms with Gasteiger partial charge in [0.25, 0.3) is 0 Å². The van der Waals surface area contributed by atoms with Crippen molar-refractivity contribution in [3.8, 4) is 0 Å². The van der Waals surface area contributed by atoms with Crippen LogP contribution in [0.4, 0.5) is 5.69 Å². The molecule has 2 saturated heterocycles. The van der Waals surface area contributed by atoms with Gasteiger partial charge >= 0.3 is 0 Å². The van der Waals surface area contributed by atoms with Gasteiger partial charge in [0.2, 0.25) is 0 Å². The van der Waals surface area contributed by atoms with Crippen molar-refractivity contribution in [2.45, 2.75) is 6.54 Å². The van der Waals surface area contributed by atoms with E-state index >= 15 is 0 Å². The molecular weight excluding hydrogens is 326 g/mol. The lowest BCUT2D eigenvalue weighted by atomic mass is 9.72. The van der Waals surface area contributed by atoms with Crippen LogP contribution < -0.4 is 4.90 Å². The molecule has 0 radical (unpaired) electrons. The maximum atomic E-state index is 10.7. The highest BCUT2D eigenvalue weighted by molar-refractivity contribution is 5.81. The monoisotopic (exact) mass is 345 g/mol. The fourth-order valence-electron chi connectivity index (χ4n) is 4.18. The third-order valence-electron chi connectivity index (χ3n) is 5.40. The van der Waals surface area contributed by atoms with E-state index in [1.54, 1.807) is 18.6 Å². The lowest BCUT2D eigenvalue weighted by molar-refractivity contribution is -0.0273. The van der Waals surface area contributed by atoms with Crippen molar-refractivity contribution < 1.29 is 4.79 Å². The first-order chi connectivity index (χ1) is 12.7. The maximum Gasteiger partial charge on any atom is 0.168 e. The average molecular weight is 345 g/mol. The van der Waals surface area contributed by atoms with Crippen LogP contribution in [0.2, 0.25) is 0 Å². The molecular formula is C20H19N5O. The summed E-state index contributed by atoms with van der Waals surface area (Å²) in [7, 11) is 0. The number of likely N-dealkylation sites (tertiary alicyclic amines) is 1. The minimum absolute atomic E-state index is 0.427. The van der Waals surface area contributed by atoms with E-state index in [4.69, 9.17) is 0 Å². The van der Waals surface area contributed by atoms with Gasteiger partial charge in [0, 0.05) is 61.6 Å². The predicted octanol–water partition coefficient (Wildman–Crippen LogP) is 2.16. The third kappa shape index (κ3) is 2.63. The van der Waals surface area contributed by atoms with Gasteiger partial charge in [-0.05, 0) is 29.8 Å². The molecule has 130 valence electrons. The van der Waals surface area contributed by atoms with Gasteiger partial charge in [0.1, 0.15) is 12.0 Å². The first kappa shape index (κ1) is 15.4. The molecule has 0 amide bonds. The van der Waals surface area contributed by atoms with E-state index in [1.165, 1.54) is 5.69 Å². The molecule has 0 unspecified atom stereocenters. The molecule has 0 N–H and O–H groups in total. The Bertz CT molecular complexity index is 957. The summed E-state index contributed by atoms with van der Waals surface area (Å²) in [5.41, 5.74) is 4.32. The van der Waals surface area contributed by atoms with Crippen LogP contribution in [0.1, 0.15) is 16.1 Å². The minimum Gasteiger partial charge on any atom is -0.370 e. The summed E-state index contributed by atoms with van der Waals surface area (Å²) >= 11 is 0. The number of pyridine rings is 1. The normalized spacial score (nSPS) is 18.5. The molecule has 0 saturated carbocycles. The van der Waals surface area contributed by atoms with Gasteiger partial charge in [0.05, 0.1) is 5.52 Å². The molecule has 1 spiro atoms. The van der Waals surface area contributed by atoms with Crippen molar-refractivity contribution in [3.05, 3.63) is 60.3 Å². The number of fused-ring (bicyclic) bond motifs is 1. The van der Waals surface area contributed by atoms with Gasteiger partial charge in [-0.1, -0.05) is 6.07 Å². The number of benzene rings is 1. The summed E-state index contributed by atoms with van der Waals surface area (Å²) in [4.78, 5) is 28.1. The second kappa shape index (κ2) is 5.85. The first-order valence-corrected chi connectivity index (χ1v) is 8.80. The number of aromatic nitrogens is 3. The van der Waals surface area contributed by atoms with Crippen molar-refractivity contribution in [1.29, 1.82) is 0 Å². The Hall–Kier alpha value is -2.86. The SMILES string of the molecule is O=Cc1ccc(CN2CC3(C2)CN(c2ccc4cncnc4c2)C3)cn1. The van der Waals surface area contributed by atoms with Crippen molar-refractivity contribution in [2.24, 2.45) is 5.41 Å². The van der Waals surface area contributed by atoms with E-state index in [2.05, 4.69) is 43.0 Å². The van der Waals surface area contributed by atoms with Crippen molar-refractivity contribution in [1.82, 2.24) is 19.9 Å². The molecule has 3 aromatic rings. The van der Waals surface area contributed by atoms with Gasteiger partial charge in [-0.25, -0.2) is 9.97 Å². The van der Waals surface area contributed by atoms with Gasteiger partial charge < -0.3 is 4.90 Å². The second-order valence-corrected chi connectivity index (χ2v) is 7.48. The summed E-state index contributed by atoms with van der Waals surface area (Å²) < 4.78 is 0. The number of hydrogen-bond donors (Lipinski definition) is 0. The average Bonchev–Trinajstić information content (AvgIpc) is 2.62. The summed E-state index contributed by atoms with van der Waals surface area (Å²) in [5.74, 6) is 0. The van der Waals surface area contributed by atoms with Crippen LogP contribution in [0.15, 0.2) is 49.1 Å². The molecule has 0 bridgehead atoms. The fourth-order valence-corrected chi connectivity index (χ4v) is 4.18. The molecule has 2 aromatic heterocycles. The van der Waals surface area contributed by atoms with Crippen molar-refractivity contribution in [3.63, 3.8) is 0 Å². The first-order valence-electron chi connectivity index (χ1n) is 8.80. The highest BCUT2D eigenvalue weighted by Crippen LogP contribution is 2.42. The second-order valence-electron chi connectivity index (χ2n) is 7.48. The van der Waals surface area contributed by atoms with Crippen molar-refractivity contribution >= 4 is 22.9 Å². The third-order valence-corrected chi connectivity index (χ3v) is 5.40. The van der Waals surface area contributed by atoms with E-state index in [0.29, 0.717) is 11.1 Å². The van der Waals surface area contributed by atoms with Crippen LogP contribution in [-0.4, -0.2) is 52.3 Å². The number of hydrogen-bond acceptors (Lipinski definition) is 6. The highest BCUT2D eigenvalue weighted by atomic mass is 16.1. The van der Waals surface area contributed by atoms with Crippen LogP contribution in [0.3, 0.4) is 0 Å². The fraction of sp³-hybridized carbons (Fsp3) is 0.300. The Morgan fingerprint density at radius 2 is 1.92 bits per heavy atom. The molecule has 5 rings (SSSR count). The van der Waals surface area contributed by atoms with Crippen LogP contribution in [0.5, 0.6) is 0 Å². The number of aldehydes is 1. The van der Waals surface area contributed by atoms with E-state index in [1.807, 2.05) is 12.3 Å². The molecule has 2 aliphatic rings. The molecule has 26 heavy (non-hydrogen) atoms. The zero-order valence-corrected chi connectivity index (χ0v) is 14.4. The predicted molar refractivity (Wildman–Crippen MR) is 99.1 cm³/mol. The Morgan fingerprint density at radius 1 is 1.04 bits per heavy atom. The number of carbonyl (C=O) groups is 1. The molecule has 2 aliphatic heterocycles. The lowest BCUT2D eigenvalue weighted by Crippen LogP contribution is -2.71. The van der Waals surface area contributed by atoms with Crippen LogP contribution in [0, 0.1) is 5.41 Å². The van der Waals surface area contributed by atoms with Crippen LogP contribution in [-0.2, 0) is 6.54 Å². The number of carbonyl (C=O) groups excluding carboxylic acids is 1. The van der Waals surface area contributed by atoms with Gasteiger partial charge in [-0.2, -0.15) is 0 Å². The topological polar surface area (TPSA) is 62.2 Å². The number of nitrogens with zero attached hydrogens (tertiary/aromatic N) is 5. The van der Waals surface area contributed by atoms with E-state index in [-0.39, 0.29) is 0 Å². The molecule has 6 heteroatoms. The number of rotatable bonds is 4. The number of anilines is 1. The Balaban J connectivity index is 1.18. The highest BCUT2D eigenvalue weighted by Gasteiger charge is 2.51. The summed E-state index contributed by atoms with van der Waals surface area (Å²) in [5, 5.41) is 1.08. The van der Waals surface area contributed by atoms with E-state index < -0.39 is 0 Å². The van der Waals surface area contributed by atoms with Crippen molar-refractivity contribution in [2.75, 3.05) is 31.1 Å². The van der Waals surface area contributed by atoms with Crippen LogP contribution in [0.25, 0.3) is 10.9 Å². The largest absolute Gasteiger partial charge is 0.370 e. The quantitative estimate of drug-likeness (QED) is 0.675. The van der Waals surface area contributed by atoms with Gasteiger partial charge in [-0.15, -0.1) is 0 Å². The molecule has 1 aromatic carbocycles. The van der Waals surface area contributed by atoms with E-state index in [0.717, 1.165) is 55.5 Å². The van der Waals surface area contributed by atoms with E-state index in [9.17, 15) is 4.79 Å². The van der Waals surface area contributed by atoms with Crippen LogP contribution >= 0.6 is 0 Å². The van der Waals surface area contributed by atoms with Gasteiger partial charge in [0.15, 0.2) is 6.29 Å². The van der Waals surface area contributed by atoms with Gasteiger partial charge in [-0.3, -0.25) is 14.7 Å². The lowest BCUT2D eigenvalue weighted by Gasteiger charge is -2.61. The Labute approximate surface area is 151 Å². The zero-order valence-electron chi connectivity index (χ0n) is 14.4. The molecule has 6 nitrogen and oxygen atoms in total. The maximum absolute atomic E-state index is 10.7. The summed E-state index contributed by atoms with van der Waals surface area (Å²) in [6.07, 6.45) is 6.04. The molecule has 0 aliphatic carbocycles.